The largest absolute Gasteiger partial charge is 0.506 e. The predicted octanol–water partition coefficient (Wildman–Crippen LogP) is 3.01. The second-order valence-corrected chi connectivity index (χ2v) is 5.79. The summed E-state index contributed by atoms with van der Waals surface area (Å²) in [6.45, 7) is 2.85. The Morgan fingerprint density at radius 2 is 2.11 bits per heavy atom. The topological polar surface area (TPSA) is 35.5 Å². The number of benzene rings is 1. The van der Waals surface area contributed by atoms with Crippen molar-refractivity contribution in [3.05, 3.63) is 28.8 Å². The Hall–Kier alpha value is -0.770. The molecule has 0 unspecified atom stereocenters. The molecule has 19 heavy (non-hydrogen) atoms. The molecule has 0 spiro atoms. The second-order valence-electron chi connectivity index (χ2n) is 5.38. The highest BCUT2D eigenvalue weighted by molar-refractivity contribution is 6.32. The molecule has 1 aromatic rings. The average Bonchev–Trinajstić information content (AvgIpc) is 2.92. The first-order valence-corrected chi connectivity index (χ1v) is 7.43. The highest BCUT2D eigenvalue weighted by atomic mass is 35.5. The van der Waals surface area contributed by atoms with Crippen LogP contribution in [0.15, 0.2) is 18.2 Å². The Balaban J connectivity index is 1.67. The van der Waals surface area contributed by atoms with Crippen LogP contribution in [0, 0.1) is 0 Å². The third-order valence-corrected chi connectivity index (χ3v) is 4.23. The molecule has 1 fully saturated rings. The molecule has 106 valence electrons. The molecule has 1 aliphatic carbocycles. The van der Waals surface area contributed by atoms with Gasteiger partial charge in [0.05, 0.1) is 5.02 Å². The first kappa shape index (κ1) is 14.6. The third-order valence-electron chi connectivity index (χ3n) is 3.93. The standard InChI is InChI=1S/C15H23ClN2O/c1-18(13-4-2-3-5-13)9-8-17-11-12-6-7-15(19)14(16)10-12/h6-7,10,13,17,19H,2-5,8-9,11H2,1H3. The van der Waals surface area contributed by atoms with Crippen molar-refractivity contribution in [3.8, 4) is 5.75 Å². The normalized spacial score (nSPS) is 16.4. The van der Waals surface area contributed by atoms with Crippen molar-refractivity contribution in [2.75, 3.05) is 20.1 Å². The van der Waals surface area contributed by atoms with Crippen LogP contribution in [-0.4, -0.2) is 36.2 Å². The Morgan fingerprint density at radius 1 is 1.37 bits per heavy atom. The number of rotatable bonds is 6. The lowest BCUT2D eigenvalue weighted by molar-refractivity contribution is 0.245. The maximum absolute atomic E-state index is 9.35. The molecule has 0 amide bonds. The fourth-order valence-electron chi connectivity index (χ4n) is 2.68. The molecule has 0 saturated heterocycles. The minimum Gasteiger partial charge on any atom is -0.506 e. The molecule has 0 heterocycles. The summed E-state index contributed by atoms with van der Waals surface area (Å²) in [7, 11) is 2.22. The SMILES string of the molecule is CN(CCNCc1ccc(O)c(Cl)c1)C1CCCC1. The Labute approximate surface area is 120 Å². The van der Waals surface area contributed by atoms with Crippen LogP contribution in [0.5, 0.6) is 5.75 Å². The van der Waals surface area contributed by atoms with Crippen LogP contribution in [0.2, 0.25) is 5.02 Å². The summed E-state index contributed by atoms with van der Waals surface area (Å²) in [6, 6.07) is 6.13. The molecule has 0 bridgehead atoms. The smallest absolute Gasteiger partial charge is 0.134 e. The quantitative estimate of drug-likeness (QED) is 0.788. The lowest BCUT2D eigenvalue weighted by atomic mass is 10.2. The van der Waals surface area contributed by atoms with E-state index in [1.807, 2.05) is 12.1 Å². The van der Waals surface area contributed by atoms with Gasteiger partial charge in [-0.05, 0) is 37.6 Å². The van der Waals surface area contributed by atoms with Crippen LogP contribution in [0.3, 0.4) is 0 Å². The third kappa shape index (κ3) is 4.37. The lowest BCUT2D eigenvalue weighted by Gasteiger charge is -2.24. The Bertz CT molecular complexity index is 405. The molecule has 1 aliphatic rings. The van der Waals surface area contributed by atoms with E-state index in [1.54, 1.807) is 6.07 Å². The van der Waals surface area contributed by atoms with Crippen molar-refractivity contribution in [1.82, 2.24) is 10.2 Å². The van der Waals surface area contributed by atoms with Gasteiger partial charge in [-0.15, -0.1) is 0 Å². The fraction of sp³-hybridized carbons (Fsp3) is 0.600. The molecule has 2 N–H and O–H groups in total. The van der Waals surface area contributed by atoms with Gasteiger partial charge in [0, 0.05) is 25.7 Å². The van der Waals surface area contributed by atoms with Gasteiger partial charge in [-0.2, -0.15) is 0 Å². The summed E-state index contributed by atoms with van der Waals surface area (Å²) in [5.74, 6) is 0.145. The summed E-state index contributed by atoms with van der Waals surface area (Å²) < 4.78 is 0. The summed E-state index contributed by atoms with van der Waals surface area (Å²) in [6.07, 6.45) is 5.47. The van der Waals surface area contributed by atoms with E-state index in [-0.39, 0.29) is 5.75 Å². The minimum atomic E-state index is 0.145. The second kappa shape index (κ2) is 7.13. The van der Waals surface area contributed by atoms with Gasteiger partial charge in [0.2, 0.25) is 0 Å². The van der Waals surface area contributed by atoms with Crippen molar-refractivity contribution in [2.45, 2.75) is 38.3 Å². The van der Waals surface area contributed by atoms with E-state index < -0.39 is 0 Å². The molecule has 3 nitrogen and oxygen atoms in total. The molecule has 0 radical (unpaired) electrons. The van der Waals surface area contributed by atoms with E-state index in [4.69, 9.17) is 11.6 Å². The van der Waals surface area contributed by atoms with E-state index in [2.05, 4.69) is 17.3 Å². The van der Waals surface area contributed by atoms with Gasteiger partial charge in [-0.3, -0.25) is 0 Å². The number of hydrogen-bond donors (Lipinski definition) is 2. The molecular weight excluding hydrogens is 260 g/mol. The summed E-state index contributed by atoms with van der Waals surface area (Å²) in [4.78, 5) is 2.46. The van der Waals surface area contributed by atoms with Gasteiger partial charge in [-0.1, -0.05) is 30.5 Å². The monoisotopic (exact) mass is 282 g/mol. The van der Waals surface area contributed by atoms with Gasteiger partial charge < -0.3 is 15.3 Å². The number of phenols is 1. The van der Waals surface area contributed by atoms with E-state index >= 15 is 0 Å². The molecule has 0 aliphatic heterocycles. The van der Waals surface area contributed by atoms with Crippen molar-refractivity contribution in [3.63, 3.8) is 0 Å². The van der Waals surface area contributed by atoms with Crippen LogP contribution < -0.4 is 5.32 Å². The molecule has 1 aromatic carbocycles. The lowest BCUT2D eigenvalue weighted by Crippen LogP contribution is -2.35. The van der Waals surface area contributed by atoms with Crippen LogP contribution >= 0.6 is 11.6 Å². The van der Waals surface area contributed by atoms with Crippen LogP contribution in [-0.2, 0) is 6.54 Å². The molecule has 1 saturated carbocycles. The van der Waals surface area contributed by atoms with E-state index in [9.17, 15) is 5.11 Å². The van der Waals surface area contributed by atoms with Gasteiger partial charge in [-0.25, -0.2) is 0 Å². The zero-order valence-corrected chi connectivity index (χ0v) is 12.3. The maximum atomic E-state index is 9.35. The number of likely N-dealkylation sites (N-methyl/N-ethyl adjacent to an activating group) is 1. The van der Waals surface area contributed by atoms with E-state index in [0.29, 0.717) is 5.02 Å². The summed E-state index contributed by atoms with van der Waals surface area (Å²) in [5.41, 5.74) is 1.10. The van der Waals surface area contributed by atoms with Gasteiger partial charge in [0.15, 0.2) is 0 Å². The molecule has 0 atom stereocenters. The van der Waals surface area contributed by atoms with Crippen LogP contribution in [0.1, 0.15) is 31.2 Å². The van der Waals surface area contributed by atoms with Crippen molar-refractivity contribution in [2.24, 2.45) is 0 Å². The molecule has 2 rings (SSSR count). The Morgan fingerprint density at radius 3 is 2.79 bits per heavy atom. The van der Waals surface area contributed by atoms with Gasteiger partial charge >= 0.3 is 0 Å². The van der Waals surface area contributed by atoms with Crippen LogP contribution in [0.4, 0.5) is 0 Å². The Kier molecular flexibility index (Phi) is 5.49. The number of aromatic hydroxyl groups is 1. The summed E-state index contributed by atoms with van der Waals surface area (Å²) in [5, 5.41) is 13.2. The van der Waals surface area contributed by atoms with Gasteiger partial charge in [0.25, 0.3) is 0 Å². The average molecular weight is 283 g/mol. The minimum absolute atomic E-state index is 0.145. The maximum Gasteiger partial charge on any atom is 0.134 e. The molecular formula is C15H23ClN2O. The van der Waals surface area contributed by atoms with Crippen LogP contribution in [0.25, 0.3) is 0 Å². The number of phenolic OH excluding ortho intramolecular Hbond substituents is 1. The van der Waals surface area contributed by atoms with Crippen molar-refractivity contribution in [1.29, 1.82) is 0 Å². The first-order valence-electron chi connectivity index (χ1n) is 7.05. The predicted molar refractivity (Wildman–Crippen MR) is 79.7 cm³/mol. The number of hydrogen-bond acceptors (Lipinski definition) is 3. The molecule has 4 heteroatoms. The van der Waals surface area contributed by atoms with Crippen molar-refractivity contribution < 1.29 is 5.11 Å². The van der Waals surface area contributed by atoms with Gasteiger partial charge in [0.1, 0.15) is 5.75 Å². The summed E-state index contributed by atoms with van der Waals surface area (Å²) >= 11 is 5.88. The zero-order chi connectivity index (χ0) is 13.7. The highest BCUT2D eigenvalue weighted by Gasteiger charge is 2.18. The van der Waals surface area contributed by atoms with E-state index in [0.717, 1.165) is 31.2 Å². The number of nitrogens with zero attached hydrogens (tertiary/aromatic N) is 1. The number of nitrogens with one attached hydrogen (secondary N) is 1. The first-order chi connectivity index (χ1) is 9.16. The molecule has 0 aromatic heterocycles. The highest BCUT2D eigenvalue weighted by Crippen LogP contribution is 2.23. The zero-order valence-electron chi connectivity index (χ0n) is 11.5. The fourth-order valence-corrected chi connectivity index (χ4v) is 2.88. The number of halogens is 1. The van der Waals surface area contributed by atoms with E-state index in [1.165, 1.54) is 25.7 Å². The van der Waals surface area contributed by atoms with Crippen molar-refractivity contribution >= 4 is 11.6 Å².